The quantitative estimate of drug-likeness (QED) is 0.544. The SMILES string of the molecule is Cc1cc(Cc2ccc3nonc3c2[N+](=O)[O-])ccc1Cl. The summed E-state index contributed by atoms with van der Waals surface area (Å²) in [5.41, 5.74) is 2.91. The van der Waals surface area contributed by atoms with E-state index in [4.69, 9.17) is 11.6 Å². The van der Waals surface area contributed by atoms with Gasteiger partial charge in [-0.2, -0.15) is 0 Å². The number of aryl methyl sites for hydroxylation is 1. The van der Waals surface area contributed by atoms with Crippen LogP contribution in [0.4, 0.5) is 5.69 Å². The molecule has 0 saturated carbocycles. The summed E-state index contributed by atoms with van der Waals surface area (Å²) in [6.07, 6.45) is 0.414. The first-order valence-electron chi connectivity index (χ1n) is 6.20. The molecular weight excluding hydrogens is 294 g/mol. The zero-order valence-electron chi connectivity index (χ0n) is 11.0. The second-order valence-corrected chi connectivity index (χ2v) is 5.13. The van der Waals surface area contributed by atoms with Gasteiger partial charge < -0.3 is 0 Å². The number of benzene rings is 2. The molecule has 0 saturated heterocycles. The summed E-state index contributed by atoms with van der Waals surface area (Å²) < 4.78 is 4.57. The van der Waals surface area contributed by atoms with Gasteiger partial charge in [-0.3, -0.25) is 10.1 Å². The lowest BCUT2D eigenvalue weighted by atomic mass is 10.0. The lowest BCUT2D eigenvalue weighted by Crippen LogP contribution is -1.98. The molecule has 106 valence electrons. The monoisotopic (exact) mass is 303 g/mol. The van der Waals surface area contributed by atoms with E-state index in [2.05, 4.69) is 14.9 Å². The molecule has 0 N–H and O–H groups in total. The molecule has 0 amide bonds. The van der Waals surface area contributed by atoms with Gasteiger partial charge in [0.1, 0.15) is 5.52 Å². The Labute approximate surface area is 124 Å². The van der Waals surface area contributed by atoms with E-state index in [0.29, 0.717) is 22.5 Å². The molecule has 0 radical (unpaired) electrons. The summed E-state index contributed by atoms with van der Waals surface area (Å²) in [6, 6.07) is 8.89. The summed E-state index contributed by atoms with van der Waals surface area (Å²) in [6.45, 7) is 1.89. The van der Waals surface area contributed by atoms with Crippen molar-refractivity contribution >= 4 is 28.3 Å². The summed E-state index contributed by atoms with van der Waals surface area (Å²) in [5.74, 6) is 0. The lowest BCUT2D eigenvalue weighted by Gasteiger charge is -2.05. The average molecular weight is 304 g/mol. The van der Waals surface area contributed by atoms with Gasteiger partial charge in [-0.1, -0.05) is 23.7 Å². The summed E-state index contributed by atoms with van der Waals surface area (Å²) in [5, 5.41) is 19.2. The van der Waals surface area contributed by atoms with Crippen LogP contribution in [0.2, 0.25) is 5.02 Å². The number of fused-ring (bicyclic) bond motifs is 1. The number of nitro groups is 1. The molecule has 3 aromatic rings. The molecule has 1 heterocycles. The standard InChI is InChI=1S/C14H10ClN3O3/c1-8-6-9(2-4-11(8)15)7-10-3-5-12-13(17-21-16-12)14(10)18(19)20/h2-6H,7H2,1H3. The van der Waals surface area contributed by atoms with Gasteiger partial charge in [0.25, 0.3) is 0 Å². The summed E-state index contributed by atoms with van der Waals surface area (Å²) >= 11 is 5.99. The number of nitro benzene ring substituents is 1. The number of hydrogen-bond donors (Lipinski definition) is 0. The highest BCUT2D eigenvalue weighted by molar-refractivity contribution is 6.31. The van der Waals surface area contributed by atoms with E-state index in [-0.39, 0.29) is 11.2 Å². The van der Waals surface area contributed by atoms with E-state index in [1.54, 1.807) is 18.2 Å². The van der Waals surface area contributed by atoms with Gasteiger partial charge in [-0.05, 0) is 46.6 Å². The third-order valence-electron chi connectivity index (χ3n) is 3.28. The minimum atomic E-state index is -0.454. The minimum Gasteiger partial charge on any atom is -0.258 e. The van der Waals surface area contributed by atoms with Crippen molar-refractivity contribution in [2.24, 2.45) is 0 Å². The number of rotatable bonds is 3. The molecule has 0 aliphatic rings. The second-order valence-electron chi connectivity index (χ2n) is 4.72. The van der Waals surface area contributed by atoms with Crippen molar-refractivity contribution in [1.82, 2.24) is 10.3 Å². The first kappa shape index (κ1) is 13.5. The van der Waals surface area contributed by atoms with Gasteiger partial charge in [-0.15, -0.1) is 0 Å². The van der Waals surface area contributed by atoms with Crippen molar-refractivity contribution in [3.63, 3.8) is 0 Å². The first-order valence-corrected chi connectivity index (χ1v) is 6.57. The third-order valence-corrected chi connectivity index (χ3v) is 3.71. The zero-order chi connectivity index (χ0) is 15.0. The number of hydrogen-bond acceptors (Lipinski definition) is 5. The Bertz CT molecular complexity index is 845. The molecule has 1 aromatic heterocycles. The van der Waals surface area contributed by atoms with Crippen LogP contribution in [-0.4, -0.2) is 15.2 Å². The Morgan fingerprint density at radius 3 is 2.81 bits per heavy atom. The minimum absolute atomic E-state index is 0.0682. The van der Waals surface area contributed by atoms with Crippen molar-refractivity contribution in [2.45, 2.75) is 13.3 Å². The van der Waals surface area contributed by atoms with Crippen molar-refractivity contribution < 1.29 is 9.55 Å². The van der Waals surface area contributed by atoms with Gasteiger partial charge in [0, 0.05) is 17.0 Å². The summed E-state index contributed by atoms with van der Waals surface area (Å²) in [4.78, 5) is 10.9. The number of halogens is 1. The molecule has 0 aliphatic heterocycles. The van der Waals surface area contributed by atoms with Gasteiger partial charge in [0.15, 0.2) is 0 Å². The van der Waals surface area contributed by atoms with E-state index >= 15 is 0 Å². The molecule has 7 heteroatoms. The van der Waals surface area contributed by atoms with Crippen molar-refractivity contribution in [1.29, 1.82) is 0 Å². The van der Waals surface area contributed by atoms with Crippen LogP contribution in [0.5, 0.6) is 0 Å². The molecule has 0 fully saturated rings. The van der Waals surface area contributed by atoms with Gasteiger partial charge >= 0.3 is 5.69 Å². The van der Waals surface area contributed by atoms with Crippen molar-refractivity contribution in [2.75, 3.05) is 0 Å². The van der Waals surface area contributed by atoms with Crippen LogP contribution in [0.1, 0.15) is 16.7 Å². The van der Waals surface area contributed by atoms with E-state index < -0.39 is 4.92 Å². The average Bonchev–Trinajstić information content (AvgIpc) is 2.90. The fourth-order valence-electron chi connectivity index (χ4n) is 2.26. The Hall–Kier alpha value is -2.47. The van der Waals surface area contributed by atoms with Gasteiger partial charge in [0.05, 0.1) is 4.92 Å². The largest absolute Gasteiger partial charge is 0.304 e. The van der Waals surface area contributed by atoms with Crippen LogP contribution in [0.15, 0.2) is 35.0 Å². The Morgan fingerprint density at radius 2 is 2.10 bits per heavy atom. The van der Waals surface area contributed by atoms with Crippen LogP contribution in [-0.2, 0) is 6.42 Å². The summed E-state index contributed by atoms with van der Waals surface area (Å²) in [7, 11) is 0. The topological polar surface area (TPSA) is 82.1 Å². The molecule has 3 rings (SSSR count). The van der Waals surface area contributed by atoms with Gasteiger partial charge in [0.2, 0.25) is 5.52 Å². The lowest BCUT2D eigenvalue weighted by molar-refractivity contribution is -0.383. The molecule has 0 aliphatic carbocycles. The van der Waals surface area contributed by atoms with Crippen LogP contribution >= 0.6 is 11.6 Å². The number of nitrogens with zero attached hydrogens (tertiary/aromatic N) is 3. The highest BCUT2D eigenvalue weighted by atomic mass is 35.5. The Morgan fingerprint density at radius 1 is 1.29 bits per heavy atom. The van der Waals surface area contributed by atoms with E-state index in [1.807, 2.05) is 19.1 Å². The van der Waals surface area contributed by atoms with E-state index in [1.165, 1.54) is 0 Å². The normalized spacial score (nSPS) is 11.0. The van der Waals surface area contributed by atoms with Crippen LogP contribution < -0.4 is 0 Å². The fraction of sp³-hybridized carbons (Fsp3) is 0.143. The van der Waals surface area contributed by atoms with Crippen molar-refractivity contribution in [3.8, 4) is 0 Å². The Kier molecular flexibility index (Phi) is 3.31. The first-order chi connectivity index (χ1) is 10.1. The smallest absolute Gasteiger partial charge is 0.258 e. The predicted octanol–water partition coefficient (Wildman–Crippen LogP) is 3.68. The molecule has 6 nitrogen and oxygen atoms in total. The third kappa shape index (κ3) is 2.45. The number of aromatic nitrogens is 2. The molecule has 0 bridgehead atoms. The predicted molar refractivity (Wildman–Crippen MR) is 77.5 cm³/mol. The fourth-order valence-corrected chi connectivity index (χ4v) is 2.38. The zero-order valence-corrected chi connectivity index (χ0v) is 11.8. The maximum Gasteiger partial charge on any atom is 0.304 e. The molecule has 2 aromatic carbocycles. The molecule has 0 atom stereocenters. The van der Waals surface area contributed by atoms with E-state index in [0.717, 1.165) is 11.1 Å². The highest BCUT2D eigenvalue weighted by Gasteiger charge is 2.22. The molecule has 21 heavy (non-hydrogen) atoms. The molecule has 0 unspecified atom stereocenters. The Balaban J connectivity index is 2.09. The maximum absolute atomic E-state index is 11.3. The van der Waals surface area contributed by atoms with Gasteiger partial charge in [-0.25, -0.2) is 4.63 Å². The van der Waals surface area contributed by atoms with Crippen LogP contribution in [0.25, 0.3) is 11.0 Å². The van der Waals surface area contributed by atoms with Crippen molar-refractivity contribution in [3.05, 3.63) is 62.2 Å². The highest BCUT2D eigenvalue weighted by Crippen LogP contribution is 2.29. The molecular formula is C14H10ClN3O3. The molecule has 0 spiro atoms. The van der Waals surface area contributed by atoms with Crippen LogP contribution in [0.3, 0.4) is 0 Å². The second kappa shape index (κ2) is 5.14. The maximum atomic E-state index is 11.3. The van der Waals surface area contributed by atoms with Crippen LogP contribution in [0, 0.1) is 17.0 Å². The van der Waals surface area contributed by atoms with E-state index in [9.17, 15) is 10.1 Å².